The molecule has 0 amide bonds. The molecule has 0 aromatic rings. The highest BCUT2D eigenvalue weighted by molar-refractivity contribution is 8.05. The summed E-state index contributed by atoms with van der Waals surface area (Å²) in [6, 6.07) is 0. The second kappa shape index (κ2) is 17.8. The molecule has 2 aliphatic heterocycles. The van der Waals surface area contributed by atoms with Crippen molar-refractivity contribution in [2.45, 2.75) is 80.3 Å². The largest absolute Gasteiger partial charge is 0.471 e. The Labute approximate surface area is 210 Å². The fourth-order valence-electron chi connectivity index (χ4n) is 3.03. The van der Waals surface area contributed by atoms with Crippen molar-refractivity contribution in [2.75, 3.05) is 19.6 Å². The molecule has 0 radical (unpaired) electrons. The second-order valence-corrected chi connectivity index (χ2v) is 9.95. The zero-order chi connectivity index (χ0) is 25.3. The standard InChI is InChI=1S/C18H27N3O2.C6H9ClS.C2H6/c1-14(22)12-15-6-10-21(11-7-15)13-16-17(23-18(2,3)4)20-9-5-8-19-16;1-3-4-8-6(2)5-7;1-2/h8-9,15H,6-7,10-13H2,1-4H3;3-5H,1-2H3;1-2H3/b;4-3-,6-5+;. The van der Waals surface area contributed by atoms with Crippen LogP contribution < -0.4 is 0 Å². The van der Waals surface area contributed by atoms with Crippen molar-refractivity contribution in [2.24, 2.45) is 15.9 Å². The van der Waals surface area contributed by atoms with Crippen molar-refractivity contribution in [3.8, 4) is 0 Å². The summed E-state index contributed by atoms with van der Waals surface area (Å²) in [5, 5.41) is 1.99. The number of allylic oxidation sites excluding steroid dienone is 2. The first-order valence-electron chi connectivity index (χ1n) is 11.6. The van der Waals surface area contributed by atoms with Crippen LogP contribution in [0.3, 0.4) is 0 Å². The van der Waals surface area contributed by atoms with Crippen molar-refractivity contribution >= 4 is 40.8 Å². The Morgan fingerprint density at radius 1 is 1.24 bits per heavy atom. The minimum absolute atomic E-state index is 0.292. The van der Waals surface area contributed by atoms with Gasteiger partial charge in [0.2, 0.25) is 5.90 Å². The number of piperidine rings is 1. The van der Waals surface area contributed by atoms with Crippen LogP contribution in [0.25, 0.3) is 0 Å². The maximum atomic E-state index is 11.2. The SMILES string of the molecule is C/C=C\S/C(C)=C/Cl.CC.CC(=O)CC1CCN(CC2=NC=C=CN=C2OC(C)(C)C)CC1. The maximum absolute atomic E-state index is 11.2. The molecule has 0 bridgehead atoms. The van der Waals surface area contributed by atoms with Crippen LogP contribution >= 0.6 is 23.4 Å². The molecule has 1 fully saturated rings. The first-order chi connectivity index (χ1) is 15.6. The zero-order valence-corrected chi connectivity index (χ0v) is 23.2. The van der Waals surface area contributed by atoms with Crippen molar-refractivity contribution in [1.82, 2.24) is 4.90 Å². The van der Waals surface area contributed by atoms with Crippen LogP contribution in [-0.4, -0.2) is 47.5 Å². The van der Waals surface area contributed by atoms with Gasteiger partial charge < -0.3 is 9.53 Å². The summed E-state index contributed by atoms with van der Waals surface area (Å²) < 4.78 is 5.94. The summed E-state index contributed by atoms with van der Waals surface area (Å²) in [4.78, 5) is 23.5. The number of nitrogens with zero attached hydrogens (tertiary/aromatic N) is 3. The molecule has 7 heteroatoms. The number of aliphatic imine (C=N–C) groups is 2. The third-order valence-corrected chi connectivity index (χ3v) is 5.76. The van der Waals surface area contributed by atoms with Gasteiger partial charge in [0.25, 0.3) is 0 Å². The fourth-order valence-corrected chi connectivity index (χ4v) is 3.58. The summed E-state index contributed by atoms with van der Waals surface area (Å²) in [6.45, 7) is 18.3. The van der Waals surface area contributed by atoms with E-state index in [2.05, 4.69) is 20.6 Å². The number of likely N-dealkylation sites (tertiary alicyclic amines) is 1. The molecular weight excluding hydrogens is 454 g/mol. The van der Waals surface area contributed by atoms with Crippen LogP contribution in [0, 0.1) is 5.92 Å². The Bertz CT molecular complexity index is 765. The van der Waals surface area contributed by atoms with Gasteiger partial charge in [-0.3, -0.25) is 4.90 Å². The van der Waals surface area contributed by atoms with Gasteiger partial charge in [-0.05, 0) is 83.7 Å². The van der Waals surface area contributed by atoms with Crippen molar-refractivity contribution in [1.29, 1.82) is 0 Å². The Kier molecular flexibility index (Phi) is 17.0. The molecule has 2 rings (SSSR count). The molecule has 5 nitrogen and oxygen atoms in total. The van der Waals surface area contributed by atoms with Crippen LogP contribution in [0.4, 0.5) is 0 Å². The number of carbonyl (C=O) groups is 1. The zero-order valence-electron chi connectivity index (χ0n) is 21.7. The average molecular weight is 496 g/mol. The summed E-state index contributed by atoms with van der Waals surface area (Å²) in [7, 11) is 0. The first kappa shape index (κ1) is 31.4. The van der Waals surface area contributed by atoms with Gasteiger partial charge in [0, 0.05) is 18.5 Å². The molecule has 0 N–H and O–H groups in total. The number of Topliss-reactive ketones (excluding diaryl/α,β-unsaturated/α-hetero) is 1. The molecule has 2 heterocycles. The van der Waals surface area contributed by atoms with Crippen LogP contribution in [0.1, 0.15) is 74.7 Å². The number of hydrogen-bond acceptors (Lipinski definition) is 6. The molecule has 1 saturated heterocycles. The van der Waals surface area contributed by atoms with Gasteiger partial charge >= 0.3 is 0 Å². The average Bonchev–Trinajstić information content (AvgIpc) is 2.98. The van der Waals surface area contributed by atoms with Gasteiger partial charge in [0.1, 0.15) is 17.1 Å². The molecule has 0 atom stereocenters. The molecule has 0 aliphatic carbocycles. The first-order valence-corrected chi connectivity index (χ1v) is 13.0. The van der Waals surface area contributed by atoms with E-state index in [4.69, 9.17) is 16.3 Å². The molecule has 0 spiro atoms. The summed E-state index contributed by atoms with van der Waals surface area (Å²) in [5.41, 5.74) is 5.00. The molecule has 33 heavy (non-hydrogen) atoms. The lowest BCUT2D eigenvalue weighted by Gasteiger charge is -2.32. The molecule has 186 valence electrons. The molecule has 0 saturated carbocycles. The highest BCUT2D eigenvalue weighted by atomic mass is 35.5. The number of carbonyl (C=O) groups excluding carboxylic acids is 1. The topological polar surface area (TPSA) is 54.3 Å². The lowest BCUT2D eigenvalue weighted by molar-refractivity contribution is -0.118. The van der Waals surface area contributed by atoms with E-state index in [1.807, 2.05) is 60.0 Å². The van der Waals surface area contributed by atoms with E-state index in [0.717, 1.165) is 36.5 Å². The lowest BCUT2D eigenvalue weighted by Crippen LogP contribution is -2.41. The van der Waals surface area contributed by atoms with Crippen LogP contribution in [0.5, 0.6) is 0 Å². The highest BCUT2D eigenvalue weighted by Gasteiger charge is 2.25. The van der Waals surface area contributed by atoms with E-state index in [1.165, 1.54) is 0 Å². The van der Waals surface area contributed by atoms with Gasteiger partial charge in [-0.15, -0.1) is 11.8 Å². The van der Waals surface area contributed by atoms with Crippen LogP contribution in [0.2, 0.25) is 0 Å². The Morgan fingerprint density at radius 2 is 1.85 bits per heavy atom. The highest BCUT2D eigenvalue weighted by Crippen LogP contribution is 2.21. The number of hydrogen-bond donors (Lipinski definition) is 0. The van der Waals surface area contributed by atoms with Crippen LogP contribution in [-0.2, 0) is 9.53 Å². The molecule has 0 aromatic heterocycles. The normalized spacial score (nSPS) is 17.3. The summed E-state index contributed by atoms with van der Waals surface area (Å²) in [6.07, 6.45) is 8.05. The number of halogens is 1. The Morgan fingerprint density at radius 3 is 2.36 bits per heavy atom. The lowest BCUT2D eigenvalue weighted by atomic mass is 9.92. The van der Waals surface area contributed by atoms with Gasteiger partial charge in [-0.1, -0.05) is 37.3 Å². The van der Waals surface area contributed by atoms with Crippen molar-refractivity contribution < 1.29 is 9.53 Å². The minimum Gasteiger partial charge on any atom is -0.471 e. The van der Waals surface area contributed by atoms with E-state index in [-0.39, 0.29) is 5.60 Å². The van der Waals surface area contributed by atoms with E-state index >= 15 is 0 Å². The predicted octanol–water partition coefficient (Wildman–Crippen LogP) is 7.35. The Hall–Kier alpha value is -1.59. The fraction of sp³-hybridized carbons (Fsp3) is 0.615. The van der Waals surface area contributed by atoms with Gasteiger partial charge in [0.05, 0.1) is 12.4 Å². The number of rotatable bonds is 6. The second-order valence-electron chi connectivity index (χ2n) is 8.58. The number of ether oxygens (including phenoxy) is 1. The third kappa shape index (κ3) is 15.8. The van der Waals surface area contributed by atoms with Gasteiger partial charge in [-0.2, -0.15) is 0 Å². The van der Waals surface area contributed by atoms with Crippen LogP contribution in [0.15, 0.2) is 50.0 Å². The molecule has 0 unspecified atom stereocenters. The monoisotopic (exact) mass is 495 g/mol. The predicted molar refractivity (Wildman–Crippen MR) is 146 cm³/mol. The van der Waals surface area contributed by atoms with E-state index in [0.29, 0.717) is 30.6 Å². The molecule has 2 aliphatic rings. The van der Waals surface area contributed by atoms with E-state index < -0.39 is 0 Å². The molecular formula is C26H42ClN3O2S. The molecule has 0 aromatic carbocycles. The summed E-state index contributed by atoms with van der Waals surface area (Å²) >= 11 is 7.00. The van der Waals surface area contributed by atoms with E-state index in [9.17, 15) is 4.79 Å². The third-order valence-electron chi connectivity index (χ3n) is 4.40. The smallest absolute Gasteiger partial charge is 0.238 e. The van der Waals surface area contributed by atoms with E-state index in [1.54, 1.807) is 36.6 Å². The minimum atomic E-state index is -0.313. The summed E-state index contributed by atoms with van der Waals surface area (Å²) in [5.74, 6) is 1.39. The van der Waals surface area contributed by atoms with Gasteiger partial charge in [0.15, 0.2) is 0 Å². The van der Waals surface area contributed by atoms with Crippen molar-refractivity contribution in [3.63, 3.8) is 0 Å². The number of thioether (sulfide) groups is 1. The quantitative estimate of drug-likeness (QED) is 0.361. The number of ketones is 1. The van der Waals surface area contributed by atoms with Crippen molar-refractivity contribution in [3.05, 3.63) is 40.1 Å². The maximum Gasteiger partial charge on any atom is 0.238 e. The van der Waals surface area contributed by atoms with Gasteiger partial charge in [-0.25, -0.2) is 9.98 Å². The Balaban J connectivity index is 0.000000868.